The number of nitrogens with zero attached hydrogens (tertiary/aromatic N) is 4. The molecule has 0 radical (unpaired) electrons. The Morgan fingerprint density at radius 2 is 2.07 bits per heavy atom. The van der Waals surface area contributed by atoms with Gasteiger partial charge in [-0.25, -0.2) is 4.98 Å². The Balaban J connectivity index is 1.70. The van der Waals surface area contributed by atoms with Gasteiger partial charge in [0.2, 0.25) is 5.91 Å². The van der Waals surface area contributed by atoms with E-state index in [-0.39, 0.29) is 5.91 Å². The number of nitrogens with one attached hydrogen (secondary N) is 1. The highest BCUT2D eigenvalue weighted by molar-refractivity contribution is 5.72. The predicted molar refractivity (Wildman–Crippen MR) is 107 cm³/mol. The lowest BCUT2D eigenvalue weighted by atomic mass is 9.98. The summed E-state index contributed by atoms with van der Waals surface area (Å²) in [6, 6.07) is 14.4. The molecule has 3 heterocycles. The number of piperidine rings is 1. The van der Waals surface area contributed by atoms with Crippen molar-refractivity contribution in [3.05, 3.63) is 48.2 Å². The number of carbonyl (C=O) groups excluding carboxylic acids is 1. The molecule has 1 fully saturated rings. The SMILES string of the molecule is CC(=O)NCC1CCCN(c2cc(-c3ccccc3)nc3cc(C)nn23)C1. The van der Waals surface area contributed by atoms with Crippen LogP contribution in [0.1, 0.15) is 25.5 Å². The van der Waals surface area contributed by atoms with E-state index in [1.54, 1.807) is 6.92 Å². The fourth-order valence-corrected chi connectivity index (χ4v) is 3.78. The van der Waals surface area contributed by atoms with Crippen molar-refractivity contribution in [3.63, 3.8) is 0 Å². The van der Waals surface area contributed by atoms with Crippen LogP contribution in [0, 0.1) is 12.8 Å². The van der Waals surface area contributed by atoms with Gasteiger partial charge >= 0.3 is 0 Å². The van der Waals surface area contributed by atoms with Crippen molar-refractivity contribution in [2.45, 2.75) is 26.7 Å². The number of carbonyl (C=O) groups is 1. The Labute approximate surface area is 159 Å². The predicted octanol–water partition coefficient (Wildman–Crippen LogP) is 3.06. The lowest BCUT2D eigenvalue weighted by Gasteiger charge is -2.34. The third-order valence-electron chi connectivity index (χ3n) is 5.08. The molecule has 1 unspecified atom stereocenters. The second-order valence-electron chi connectivity index (χ2n) is 7.31. The molecule has 27 heavy (non-hydrogen) atoms. The standard InChI is InChI=1S/C21H25N5O/c1-15-11-20-23-19(18-8-4-3-5-9-18)12-21(26(20)24-15)25-10-6-7-17(14-25)13-22-16(2)27/h3-5,8-9,11-12,17H,6-7,10,13-14H2,1-2H3,(H,22,27). The smallest absolute Gasteiger partial charge is 0.216 e. The molecular weight excluding hydrogens is 338 g/mol. The minimum absolute atomic E-state index is 0.0347. The molecule has 2 aromatic heterocycles. The van der Waals surface area contributed by atoms with Crippen LogP contribution in [-0.4, -0.2) is 40.1 Å². The van der Waals surface area contributed by atoms with Crippen LogP contribution in [0.2, 0.25) is 0 Å². The number of aromatic nitrogens is 3. The Morgan fingerprint density at radius 3 is 2.85 bits per heavy atom. The zero-order valence-electron chi connectivity index (χ0n) is 15.9. The molecule has 1 aliphatic rings. The third kappa shape index (κ3) is 3.79. The van der Waals surface area contributed by atoms with Gasteiger partial charge in [-0.2, -0.15) is 9.61 Å². The number of hydrogen-bond acceptors (Lipinski definition) is 4. The van der Waals surface area contributed by atoms with Crippen LogP contribution in [0.15, 0.2) is 42.5 Å². The molecule has 1 N–H and O–H groups in total. The summed E-state index contributed by atoms with van der Waals surface area (Å²) in [4.78, 5) is 18.5. The van der Waals surface area contributed by atoms with Crippen molar-refractivity contribution in [2.24, 2.45) is 5.92 Å². The number of anilines is 1. The highest BCUT2D eigenvalue weighted by Crippen LogP contribution is 2.28. The van der Waals surface area contributed by atoms with E-state index in [0.717, 1.165) is 60.9 Å². The molecule has 6 nitrogen and oxygen atoms in total. The molecule has 1 saturated heterocycles. The molecule has 4 rings (SSSR count). The molecule has 0 bridgehead atoms. The summed E-state index contributed by atoms with van der Waals surface area (Å²) in [6.45, 7) is 6.20. The number of amides is 1. The zero-order valence-corrected chi connectivity index (χ0v) is 15.9. The maximum atomic E-state index is 11.3. The van der Waals surface area contributed by atoms with E-state index in [4.69, 9.17) is 4.98 Å². The van der Waals surface area contributed by atoms with Crippen molar-refractivity contribution >= 4 is 17.4 Å². The maximum absolute atomic E-state index is 11.3. The number of hydrogen-bond donors (Lipinski definition) is 1. The van der Waals surface area contributed by atoms with Crippen LogP contribution >= 0.6 is 0 Å². The van der Waals surface area contributed by atoms with Crippen molar-refractivity contribution < 1.29 is 4.79 Å². The second kappa shape index (κ2) is 7.39. The monoisotopic (exact) mass is 363 g/mol. The number of benzene rings is 1. The van der Waals surface area contributed by atoms with Crippen LogP contribution in [0.5, 0.6) is 0 Å². The Hall–Kier alpha value is -2.89. The summed E-state index contributed by atoms with van der Waals surface area (Å²) in [5.41, 5.74) is 3.89. The highest BCUT2D eigenvalue weighted by Gasteiger charge is 2.23. The second-order valence-corrected chi connectivity index (χ2v) is 7.31. The first-order valence-corrected chi connectivity index (χ1v) is 9.52. The normalized spacial score (nSPS) is 17.3. The maximum Gasteiger partial charge on any atom is 0.216 e. The Morgan fingerprint density at radius 1 is 1.26 bits per heavy atom. The molecule has 140 valence electrons. The quantitative estimate of drug-likeness (QED) is 0.774. The molecule has 0 spiro atoms. The van der Waals surface area contributed by atoms with E-state index < -0.39 is 0 Å². The van der Waals surface area contributed by atoms with Crippen molar-refractivity contribution in [3.8, 4) is 11.3 Å². The fourth-order valence-electron chi connectivity index (χ4n) is 3.78. The van der Waals surface area contributed by atoms with Gasteiger partial charge in [-0.15, -0.1) is 0 Å². The van der Waals surface area contributed by atoms with Gasteiger partial charge in [-0.3, -0.25) is 4.79 Å². The number of rotatable bonds is 4. The third-order valence-corrected chi connectivity index (χ3v) is 5.08. The van der Waals surface area contributed by atoms with Crippen LogP contribution in [0.4, 0.5) is 5.82 Å². The molecule has 6 heteroatoms. The van der Waals surface area contributed by atoms with Crippen LogP contribution in [0.25, 0.3) is 16.9 Å². The molecule has 3 aromatic rings. The largest absolute Gasteiger partial charge is 0.356 e. The average molecular weight is 363 g/mol. The number of aryl methyl sites for hydroxylation is 1. The molecule has 1 amide bonds. The Bertz CT molecular complexity index is 950. The van der Waals surface area contributed by atoms with Crippen molar-refractivity contribution in [1.29, 1.82) is 0 Å². The van der Waals surface area contributed by atoms with Crippen molar-refractivity contribution in [1.82, 2.24) is 19.9 Å². The summed E-state index contributed by atoms with van der Waals surface area (Å²) in [5.74, 6) is 1.55. The first-order chi connectivity index (χ1) is 13.1. The van der Waals surface area contributed by atoms with Gasteiger partial charge in [0.25, 0.3) is 0 Å². The first kappa shape index (κ1) is 17.5. The summed E-state index contributed by atoms with van der Waals surface area (Å²) in [5, 5.41) is 7.63. The molecule has 1 aromatic carbocycles. The Kier molecular flexibility index (Phi) is 4.79. The minimum atomic E-state index is 0.0347. The first-order valence-electron chi connectivity index (χ1n) is 9.52. The molecule has 1 atom stereocenters. The van der Waals surface area contributed by atoms with Gasteiger partial charge < -0.3 is 10.2 Å². The van der Waals surface area contributed by atoms with Crippen LogP contribution in [0.3, 0.4) is 0 Å². The topological polar surface area (TPSA) is 62.5 Å². The van der Waals surface area contributed by atoms with Gasteiger partial charge in [0.05, 0.1) is 11.4 Å². The van der Waals surface area contributed by atoms with E-state index in [1.807, 2.05) is 35.7 Å². The molecule has 1 aliphatic heterocycles. The van der Waals surface area contributed by atoms with Crippen molar-refractivity contribution in [2.75, 3.05) is 24.5 Å². The van der Waals surface area contributed by atoms with Gasteiger partial charge in [-0.05, 0) is 25.7 Å². The summed E-state index contributed by atoms with van der Waals surface area (Å²) < 4.78 is 1.95. The van der Waals surface area contributed by atoms with Gasteiger partial charge in [-0.1, -0.05) is 30.3 Å². The lowest BCUT2D eigenvalue weighted by Crippen LogP contribution is -2.41. The average Bonchev–Trinajstić information content (AvgIpc) is 3.06. The number of fused-ring (bicyclic) bond motifs is 1. The highest BCUT2D eigenvalue weighted by atomic mass is 16.1. The van der Waals surface area contributed by atoms with E-state index in [0.29, 0.717) is 5.92 Å². The minimum Gasteiger partial charge on any atom is -0.356 e. The molecule has 0 aliphatic carbocycles. The molecular formula is C21H25N5O. The fraction of sp³-hybridized carbons (Fsp3) is 0.381. The summed E-state index contributed by atoms with van der Waals surface area (Å²) in [6.07, 6.45) is 2.24. The van der Waals surface area contributed by atoms with E-state index in [9.17, 15) is 4.79 Å². The van der Waals surface area contributed by atoms with E-state index in [1.165, 1.54) is 0 Å². The van der Waals surface area contributed by atoms with Gasteiger partial charge in [0, 0.05) is 44.3 Å². The van der Waals surface area contributed by atoms with Crippen LogP contribution < -0.4 is 10.2 Å². The van der Waals surface area contributed by atoms with Gasteiger partial charge in [0.1, 0.15) is 5.82 Å². The zero-order chi connectivity index (χ0) is 18.8. The van der Waals surface area contributed by atoms with Gasteiger partial charge in [0.15, 0.2) is 5.65 Å². The lowest BCUT2D eigenvalue weighted by molar-refractivity contribution is -0.119. The van der Waals surface area contributed by atoms with Crippen LogP contribution in [-0.2, 0) is 4.79 Å². The van der Waals surface area contributed by atoms with E-state index in [2.05, 4.69) is 33.5 Å². The molecule has 0 saturated carbocycles. The summed E-state index contributed by atoms with van der Waals surface area (Å²) >= 11 is 0. The van der Waals surface area contributed by atoms with E-state index >= 15 is 0 Å². The summed E-state index contributed by atoms with van der Waals surface area (Å²) in [7, 11) is 0.